The minimum atomic E-state index is -0.0843. The number of benzene rings is 1. The van der Waals surface area contributed by atoms with Crippen LogP contribution >= 0.6 is 0 Å². The van der Waals surface area contributed by atoms with Crippen molar-refractivity contribution < 1.29 is 4.79 Å². The van der Waals surface area contributed by atoms with E-state index < -0.39 is 0 Å². The zero-order valence-corrected chi connectivity index (χ0v) is 14.9. The van der Waals surface area contributed by atoms with Crippen LogP contribution in [0, 0.1) is 11.3 Å². The first-order valence-electron chi connectivity index (χ1n) is 9.64. The van der Waals surface area contributed by atoms with Crippen LogP contribution in [0.1, 0.15) is 31.5 Å². The number of H-pyrrole nitrogens is 1. The van der Waals surface area contributed by atoms with Gasteiger partial charge in [-0.15, -0.1) is 0 Å². The van der Waals surface area contributed by atoms with E-state index in [9.17, 15) is 9.59 Å². The fourth-order valence-corrected chi connectivity index (χ4v) is 4.65. The van der Waals surface area contributed by atoms with Crippen LogP contribution < -0.4 is 5.56 Å². The first kappa shape index (κ1) is 16.0. The van der Waals surface area contributed by atoms with E-state index in [2.05, 4.69) is 14.9 Å². The van der Waals surface area contributed by atoms with Crippen LogP contribution in [0.15, 0.2) is 29.1 Å². The number of carbonyl (C=O) groups is 1. The lowest BCUT2D eigenvalue weighted by molar-refractivity contribution is -0.135. The van der Waals surface area contributed by atoms with Crippen LogP contribution in [-0.2, 0) is 11.3 Å². The van der Waals surface area contributed by atoms with Gasteiger partial charge in [0.25, 0.3) is 5.56 Å². The number of nitrogens with zero attached hydrogens (tertiary/aromatic N) is 3. The monoisotopic (exact) mass is 352 g/mol. The van der Waals surface area contributed by atoms with Crippen molar-refractivity contribution in [2.75, 3.05) is 26.2 Å². The van der Waals surface area contributed by atoms with E-state index in [0.29, 0.717) is 35.0 Å². The molecule has 5 rings (SSSR count). The number of fused-ring (bicyclic) bond motifs is 1. The van der Waals surface area contributed by atoms with E-state index in [4.69, 9.17) is 0 Å². The fourth-order valence-electron chi connectivity index (χ4n) is 4.65. The summed E-state index contributed by atoms with van der Waals surface area (Å²) in [7, 11) is 0. The SMILES string of the molecule is O=C([C@@H]1CC12CCC2)N1CCN(Cc2nc3ccccc3c(=O)[nH]2)CC1. The molecule has 2 aliphatic carbocycles. The Morgan fingerprint density at radius 3 is 2.65 bits per heavy atom. The number of hydrogen-bond acceptors (Lipinski definition) is 4. The molecule has 0 radical (unpaired) electrons. The number of hydrogen-bond donors (Lipinski definition) is 1. The number of carbonyl (C=O) groups excluding carboxylic acids is 1. The summed E-state index contributed by atoms with van der Waals surface area (Å²) in [5.74, 6) is 1.38. The Morgan fingerprint density at radius 1 is 1.19 bits per heavy atom. The minimum Gasteiger partial charge on any atom is -0.340 e. The molecule has 3 fully saturated rings. The van der Waals surface area contributed by atoms with Gasteiger partial charge in [0, 0.05) is 32.1 Å². The summed E-state index contributed by atoms with van der Waals surface area (Å²) in [6.07, 6.45) is 4.93. The van der Waals surface area contributed by atoms with E-state index in [1.807, 2.05) is 23.1 Å². The van der Waals surface area contributed by atoms with Gasteiger partial charge in [0.1, 0.15) is 5.82 Å². The van der Waals surface area contributed by atoms with Gasteiger partial charge in [0.05, 0.1) is 17.4 Å². The molecule has 6 heteroatoms. The predicted molar refractivity (Wildman–Crippen MR) is 98.6 cm³/mol. The van der Waals surface area contributed by atoms with Gasteiger partial charge in [0.2, 0.25) is 5.91 Å². The van der Waals surface area contributed by atoms with E-state index in [-0.39, 0.29) is 5.56 Å². The number of rotatable bonds is 3. The quantitative estimate of drug-likeness (QED) is 0.914. The standard InChI is InChI=1S/C20H24N4O2/c25-18-14-4-1-2-5-16(14)21-17(22-18)13-23-8-10-24(11-9-23)19(26)15-12-20(15)6-3-7-20/h1-2,4-5,15H,3,6-13H2,(H,21,22,25)/t15-/m0/s1. The number of aromatic amines is 1. The Labute approximate surface area is 152 Å². The summed E-state index contributed by atoms with van der Waals surface area (Å²) in [4.78, 5) is 36.7. The number of piperazine rings is 1. The van der Waals surface area contributed by atoms with Crippen LogP contribution in [0.4, 0.5) is 0 Å². The third kappa shape index (κ3) is 2.63. The van der Waals surface area contributed by atoms with Gasteiger partial charge in [-0.2, -0.15) is 0 Å². The maximum absolute atomic E-state index is 12.7. The molecule has 1 atom stereocenters. The molecule has 0 bridgehead atoms. The van der Waals surface area contributed by atoms with E-state index in [0.717, 1.165) is 38.1 Å². The summed E-state index contributed by atoms with van der Waals surface area (Å²) >= 11 is 0. The van der Waals surface area contributed by atoms with Crippen molar-refractivity contribution in [3.63, 3.8) is 0 Å². The average Bonchev–Trinajstić information content (AvgIpc) is 3.38. The van der Waals surface area contributed by atoms with Gasteiger partial charge in [-0.05, 0) is 36.8 Å². The van der Waals surface area contributed by atoms with Gasteiger partial charge in [-0.25, -0.2) is 4.98 Å². The van der Waals surface area contributed by atoms with Gasteiger partial charge in [-0.3, -0.25) is 14.5 Å². The second-order valence-electron chi connectivity index (χ2n) is 8.10. The van der Waals surface area contributed by atoms with E-state index in [1.165, 1.54) is 19.3 Å². The van der Waals surface area contributed by atoms with Gasteiger partial charge in [-0.1, -0.05) is 18.6 Å². The second kappa shape index (κ2) is 5.91. The Balaban J connectivity index is 1.21. The molecule has 0 unspecified atom stereocenters. The highest BCUT2D eigenvalue weighted by Crippen LogP contribution is 2.65. The highest BCUT2D eigenvalue weighted by atomic mass is 16.2. The highest BCUT2D eigenvalue weighted by molar-refractivity contribution is 5.83. The topological polar surface area (TPSA) is 69.3 Å². The number of para-hydroxylation sites is 1. The Morgan fingerprint density at radius 2 is 1.96 bits per heavy atom. The average molecular weight is 352 g/mol. The zero-order valence-electron chi connectivity index (χ0n) is 14.9. The summed E-state index contributed by atoms with van der Waals surface area (Å²) in [5.41, 5.74) is 1.06. The van der Waals surface area contributed by atoms with Crippen molar-refractivity contribution in [2.45, 2.75) is 32.2 Å². The fraction of sp³-hybridized carbons (Fsp3) is 0.550. The van der Waals surface area contributed by atoms with Gasteiger partial charge < -0.3 is 9.88 Å². The van der Waals surface area contributed by atoms with Crippen molar-refractivity contribution in [1.82, 2.24) is 19.8 Å². The van der Waals surface area contributed by atoms with Gasteiger partial charge >= 0.3 is 0 Å². The smallest absolute Gasteiger partial charge is 0.258 e. The lowest BCUT2D eigenvalue weighted by atomic mass is 9.79. The minimum absolute atomic E-state index is 0.0843. The summed E-state index contributed by atoms with van der Waals surface area (Å²) < 4.78 is 0. The van der Waals surface area contributed by atoms with Crippen LogP contribution in [0.3, 0.4) is 0 Å². The van der Waals surface area contributed by atoms with E-state index in [1.54, 1.807) is 6.07 Å². The second-order valence-corrected chi connectivity index (χ2v) is 8.10. The van der Waals surface area contributed by atoms with Crippen LogP contribution in [0.5, 0.6) is 0 Å². The Hall–Kier alpha value is -2.21. The molecule has 1 spiro atoms. The Kier molecular flexibility index (Phi) is 3.64. The molecule has 136 valence electrons. The zero-order chi connectivity index (χ0) is 17.7. The van der Waals surface area contributed by atoms with Crippen molar-refractivity contribution in [1.29, 1.82) is 0 Å². The van der Waals surface area contributed by atoms with Crippen LogP contribution in [-0.4, -0.2) is 51.9 Å². The molecular formula is C20H24N4O2. The molecule has 6 nitrogen and oxygen atoms in total. The Bertz CT molecular complexity index is 909. The molecule has 1 aliphatic heterocycles. The number of nitrogens with one attached hydrogen (secondary N) is 1. The molecule has 1 amide bonds. The summed E-state index contributed by atoms with van der Waals surface area (Å²) in [6.45, 7) is 3.85. The van der Waals surface area contributed by atoms with Crippen molar-refractivity contribution in [3.05, 3.63) is 40.4 Å². The molecule has 1 saturated heterocycles. The largest absolute Gasteiger partial charge is 0.340 e. The third-order valence-electron chi connectivity index (χ3n) is 6.56. The predicted octanol–water partition coefficient (Wildman–Crippen LogP) is 1.76. The first-order valence-corrected chi connectivity index (χ1v) is 9.64. The van der Waals surface area contributed by atoms with Gasteiger partial charge in [0.15, 0.2) is 0 Å². The van der Waals surface area contributed by atoms with Crippen molar-refractivity contribution >= 4 is 16.8 Å². The molecule has 1 aromatic carbocycles. The van der Waals surface area contributed by atoms with Crippen molar-refractivity contribution in [3.8, 4) is 0 Å². The summed E-state index contributed by atoms with van der Waals surface area (Å²) in [5, 5.41) is 0.626. The first-order chi connectivity index (χ1) is 12.6. The maximum atomic E-state index is 12.7. The maximum Gasteiger partial charge on any atom is 0.258 e. The molecule has 2 heterocycles. The molecule has 1 aromatic heterocycles. The number of amides is 1. The molecular weight excluding hydrogens is 328 g/mol. The third-order valence-corrected chi connectivity index (χ3v) is 6.56. The lowest BCUT2D eigenvalue weighted by Gasteiger charge is -2.35. The van der Waals surface area contributed by atoms with Crippen LogP contribution in [0.25, 0.3) is 10.9 Å². The lowest BCUT2D eigenvalue weighted by Crippen LogP contribution is -2.49. The van der Waals surface area contributed by atoms with Crippen LogP contribution in [0.2, 0.25) is 0 Å². The highest BCUT2D eigenvalue weighted by Gasteiger charge is 2.61. The molecule has 26 heavy (non-hydrogen) atoms. The molecule has 3 aliphatic rings. The summed E-state index contributed by atoms with van der Waals surface area (Å²) in [6, 6.07) is 7.41. The molecule has 1 N–H and O–H groups in total. The van der Waals surface area contributed by atoms with E-state index >= 15 is 0 Å². The molecule has 2 saturated carbocycles. The normalized spacial score (nSPS) is 24.6. The molecule has 2 aromatic rings. The number of aromatic nitrogens is 2. The van der Waals surface area contributed by atoms with Crippen molar-refractivity contribution in [2.24, 2.45) is 11.3 Å².